The molecule has 0 bridgehead atoms. The van der Waals surface area contributed by atoms with E-state index >= 15 is 0 Å². The number of carbonyl (C=O) groups is 1. The lowest BCUT2D eigenvalue weighted by Gasteiger charge is -2.35. The molecule has 144 valence electrons. The molecule has 9 heteroatoms. The predicted octanol–water partition coefficient (Wildman–Crippen LogP) is 2.04. The van der Waals surface area contributed by atoms with Crippen LogP contribution in [-0.2, 0) is 4.79 Å². The van der Waals surface area contributed by atoms with E-state index in [9.17, 15) is 4.79 Å². The molecule has 3 aromatic rings. The summed E-state index contributed by atoms with van der Waals surface area (Å²) in [7, 11) is 0. The van der Waals surface area contributed by atoms with Gasteiger partial charge in [0.25, 0.3) is 5.91 Å². The molecule has 0 spiro atoms. The van der Waals surface area contributed by atoms with Crippen molar-refractivity contribution in [2.75, 3.05) is 37.7 Å². The predicted molar refractivity (Wildman–Crippen MR) is 105 cm³/mol. The number of anilines is 1. The molecule has 28 heavy (non-hydrogen) atoms. The Bertz CT molecular complexity index is 907. The quantitative estimate of drug-likeness (QED) is 0.654. The minimum absolute atomic E-state index is 0.0149. The van der Waals surface area contributed by atoms with Gasteiger partial charge in [0.1, 0.15) is 12.1 Å². The highest BCUT2D eigenvalue weighted by Crippen LogP contribution is 2.17. The second-order valence-corrected chi connectivity index (χ2v) is 6.77. The summed E-state index contributed by atoms with van der Waals surface area (Å²) >= 11 is 5.85. The molecule has 1 aliphatic rings. The molecule has 4 rings (SSSR count). The van der Waals surface area contributed by atoms with Crippen molar-refractivity contribution in [3.05, 3.63) is 60.1 Å². The maximum atomic E-state index is 12.4. The maximum Gasteiger partial charge on any atom is 0.260 e. The Labute approximate surface area is 167 Å². The van der Waals surface area contributed by atoms with Gasteiger partial charge in [-0.2, -0.15) is 0 Å². The lowest BCUT2D eigenvalue weighted by molar-refractivity contribution is -0.133. The first kappa shape index (κ1) is 18.2. The number of hydrogen-bond donors (Lipinski definition) is 0. The largest absolute Gasteiger partial charge is 0.484 e. The molecular formula is C19H19ClN6O2. The molecule has 0 N–H and O–H groups in total. The number of nitrogens with zero attached hydrogens (tertiary/aromatic N) is 6. The summed E-state index contributed by atoms with van der Waals surface area (Å²) in [6.45, 7) is 2.65. The average molecular weight is 399 g/mol. The summed E-state index contributed by atoms with van der Waals surface area (Å²) < 4.78 is 7.34. The third-order valence-electron chi connectivity index (χ3n) is 4.54. The van der Waals surface area contributed by atoms with Crippen LogP contribution in [0.5, 0.6) is 5.75 Å². The van der Waals surface area contributed by atoms with Crippen LogP contribution in [0.25, 0.3) is 5.82 Å². The average Bonchev–Trinajstić information content (AvgIpc) is 3.28. The van der Waals surface area contributed by atoms with Crippen molar-refractivity contribution < 1.29 is 9.53 Å². The molecule has 3 heterocycles. The van der Waals surface area contributed by atoms with E-state index in [0.717, 1.165) is 11.6 Å². The van der Waals surface area contributed by atoms with Gasteiger partial charge < -0.3 is 14.5 Å². The Hall–Kier alpha value is -3.13. The van der Waals surface area contributed by atoms with Crippen LogP contribution in [0, 0.1) is 0 Å². The molecule has 0 radical (unpaired) electrons. The summed E-state index contributed by atoms with van der Waals surface area (Å²) in [5.41, 5.74) is 0. The fraction of sp³-hybridized carbons (Fsp3) is 0.263. The van der Waals surface area contributed by atoms with Crippen LogP contribution in [0.3, 0.4) is 0 Å². The number of ether oxygens (including phenoxy) is 1. The van der Waals surface area contributed by atoms with Gasteiger partial charge in [-0.3, -0.25) is 9.36 Å². The summed E-state index contributed by atoms with van der Waals surface area (Å²) in [6.07, 6.45) is 5.20. The number of imidazole rings is 1. The lowest BCUT2D eigenvalue weighted by Crippen LogP contribution is -2.50. The Kier molecular flexibility index (Phi) is 5.38. The minimum atomic E-state index is -0.0314. The van der Waals surface area contributed by atoms with E-state index in [1.807, 2.05) is 18.3 Å². The highest BCUT2D eigenvalue weighted by molar-refractivity contribution is 6.30. The van der Waals surface area contributed by atoms with Gasteiger partial charge in [0, 0.05) is 43.6 Å². The minimum Gasteiger partial charge on any atom is -0.484 e. The van der Waals surface area contributed by atoms with E-state index < -0.39 is 0 Å². The zero-order valence-electron chi connectivity index (χ0n) is 15.1. The Morgan fingerprint density at radius 3 is 2.36 bits per heavy atom. The molecular weight excluding hydrogens is 380 g/mol. The van der Waals surface area contributed by atoms with E-state index in [1.54, 1.807) is 46.3 Å². The summed E-state index contributed by atoms with van der Waals surface area (Å²) in [4.78, 5) is 20.3. The highest BCUT2D eigenvalue weighted by atomic mass is 35.5. The molecule has 8 nitrogen and oxygen atoms in total. The summed E-state index contributed by atoms with van der Waals surface area (Å²) in [5.74, 6) is 2.11. The van der Waals surface area contributed by atoms with Crippen molar-refractivity contribution in [3.8, 4) is 11.6 Å². The van der Waals surface area contributed by atoms with Gasteiger partial charge in [-0.15, -0.1) is 10.2 Å². The Morgan fingerprint density at radius 1 is 1.00 bits per heavy atom. The number of halogens is 1. The SMILES string of the molecule is O=C(COc1ccc(Cl)cc1)N1CCN(c2ccc(-n3ccnc3)nn2)CC1. The number of piperazine rings is 1. The van der Waals surface area contributed by atoms with E-state index in [4.69, 9.17) is 16.3 Å². The van der Waals surface area contributed by atoms with Crippen molar-refractivity contribution in [1.82, 2.24) is 24.6 Å². The molecule has 1 amide bonds. The first-order valence-corrected chi connectivity index (χ1v) is 9.30. The van der Waals surface area contributed by atoms with E-state index in [0.29, 0.717) is 37.0 Å². The van der Waals surface area contributed by atoms with Crippen LogP contribution in [0.2, 0.25) is 5.02 Å². The van der Waals surface area contributed by atoms with Gasteiger partial charge in [0.2, 0.25) is 0 Å². The smallest absolute Gasteiger partial charge is 0.260 e. The van der Waals surface area contributed by atoms with Crippen molar-refractivity contribution in [2.45, 2.75) is 0 Å². The third kappa shape index (κ3) is 4.23. The zero-order chi connectivity index (χ0) is 19.3. The standard InChI is InChI=1S/C19H19ClN6O2/c20-15-1-3-16(4-2-15)28-13-19(27)25-11-9-24(10-12-25)17-5-6-18(23-22-17)26-8-7-21-14-26/h1-8,14H,9-13H2. The summed E-state index contributed by atoms with van der Waals surface area (Å²) in [5, 5.41) is 9.18. The first-order chi connectivity index (χ1) is 13.7. The number of amides is 1. The van der Waals surface area contributed by atoms with Crippen LogP contribution < -0.4 is 9.64 Å². The molecule has 1 fully saturated rings. The highest BCUT2D eigenvalue weighted by Gasteiger charge is 2.22. The molecule has 0 saturated carbocycles. The second-order valence-electron chi connectivity index (χ2n) is 6.33. The second kappa shape index (κ2) is 8.26. The van der Waals surface area contributed by atoms with Crippen LogP contribution >= 0.6 is 11.6 Å². The monoisotopic (exact) mass is 398 g/mol. The maximum absolute atomic E-state index is 12.4. The van der Waals surface area contributed by atoms with Crippen molar-refractivity contribution in [1.29, 1.82) is 0 Å². The number of aromatic nitrogens is 4. The topological polar surface area (TPSA) is 76.4 Å². The molecule has 0 unspecified atom stereocenters. The molecule has 2 aromatic heterocycles. The van der Waals surface area contributed by atoms with Crippen molar-refractivity contribution >= 4 is 23.3 Å². The molecule has 1 aliphatic heterocycles. The fourth-order valence-corrected chi connectivity index (χ4v) is 3.10. The van der Waals surface area contributed by atoms with Crippen LogP contribution in [0.15, 0.2) is 55.1 Å². The van der Waals surface area contributed by atoms with Gasteiger partial charge in [-0.25, -0.2) is 4.98 Å². The van der Waals surface area contributed by atoms with Gasteiger partial charge in [0.05, 0.1) is 0 Å². The molecule has 0 atom stereocenters. The number of benzene rings is 1. The van der Waals surface area contributed by atoms with Crippen LogP contribution in [0.1, 0.15) is 0 Å². The lowest BCUT2D eigenvalue weighted by atomic mass is 10.3. The van der Waals surface area contributed by atoms with E-state index in [2.05, 4.69) is 20.1 Å². The van der Waals surface area contributed by atoms with Gasteiger partial charge in [0.15, 0.2) is 18.2 Å². The van der Waals surface area contributed by atoms with Crippen LogP contribution in [-0.4, -0.2) is 63.3 Å². The fourth-order valence-electron chi connectivity index (χ4n) is 2.97. The zero-order valence-corrected chi connectivity index (χ0v) is 15.9. The first-order valence-electron chi connectivity index (χ1n) is 8.92. The van der Waals surface area contributed by atoms with Crippen molar-refractivity contribution in [3.63, 3.8) is 0 Å². The number of hydrogen-bond acceptors (Lipinski definition) is 6. The molecule has 0 aliphatic carbocycles. The Morgan fingerprint density at radius 2 is 1.71 bits per heavy atom. The van der Waals surface area contributed by atoms with Gasteiger partial charge >= 0.3 is 0 Å². The van der Waals surface area contributed by atoms with E-state index in [1.165, 1.54) is 0 Å². The van der Waals surface area contributed by atoms with Gasteiger partial charge in [-0.1, -0.05) is 11.6 Å². The normalized spacial score (nSPS) is 14.2. The molecule has 1 saturated heterocycles. The number of rotatable bonds is 5. The number of carbonyl (C=O) groups excluding carboxylic acids is 1. The Balaban J connectivity index is 1.28. The van der Waals surface area contributed by atoms with E-state index in [-0.39, 0.29) is 12.5 Å². The summed E-state index contributed by atoms with van der Waals surface area (Å²) in [6, 6.07) is 10.8. The molecule has 1 aromatic carbocycles. The van der Waals surface area contributed by atoms with Crippen LogP contribution in [0.4, 0.5) is 5.82 Å². The van der Waals surface area contributed by atoms with Gasteiger partial charge in [-0.05, 0) is 36.4 Å². The third-order valence-corrected chi connectivity index (χ3v) is 4.79. The van der Waals surface area contributed by atoms with Crippen molar-refractivity contribution in [2.24, 2.45) is 0 Å².